The van der Waals surface area contributed by atoms with Gasteiger partial charge in [0.05, 0.1) is 0 Å². The van der Waals surface area contributed by atoms with Gasteiger partial charge in [0.2, 0.25) is 0 Å². The molecule has 0 aliphatic carbocycles. The van der Waals surface area contributed by atoms with E-state index < -0.39 is 11.6 Å². The molecule has 0 amide bonds. The Kier molecular flexibility index (Phi) is 12.8. The van der Waals surface area contributed by atoms with Crippen molar-refractivity contribution in [3.8, 4) is 0 Å². The Bertz CT molecular complexity index is 730. The predicted molar refractivity (Wildman–Crippen MR) is 122 cm³/mol. The summed E-state index contributed by atoms with van der Waals surface area (Å²) in [6.45, 7) is 20.8. The molecule has 0 heterocycles. The van der Waals surface area contributed by atoms with Crippen LogP contribution in [0.3, 0.4) is 0 Å². The lowest BCUT2D eigenvalue weighted by atomic mass is 10.0. The second-order valence-electron chi connectivity index (χ2n) is 6.77. The highest BCUT2D eigenvalue weighted by atomic mass is 19.2. The van der Waals surface area contributed by atoms with Crippen LogP contribution in [-0.2, 0) is 4.74 Å². The minimum atomic E-state index is -0.883. The van der Waals surface area contributed by atoms with Gasteiger partial charge in [0, 0.05) is 36.9 Å². The maximum Gasteiger partial charge on any atom is 0.160 e. The van der Waals surface area contributed by atoms with Crippen LogP contribution >= 0.6 is 0 Å². The number of benzene rings is 1. The number of hydrogen-bond acceptors (Lipinski definition) is 2. The van der Waals surface area contributed by atoms with Crippen molar-refractivity contribution >= 4 is 5.69 Å². The normalized spacial score (nSPS) is 11.8. The summed E-state index contributed by atoms with van der Waals surface area (Å²) in [5.74, 6) is -1.66. The van der Waals surface area contributed by atoms with Crippen molar-refractivity contribution in [2.45, 2.75) is 54.4 Å². The number of ether oxygens (including phenoxy) is 1. The molecule has 1 atom stereocenters. The van der Waals surface area contributed by atoms with Crippen LogP contribution in [0.1, 0.15) is 54.4 Å². The Labute approximate surface area is 176 Å². The second kappa shape index (κ2) is 13.9. The number of halogens is 2. The summed E-state index contributed by atoms with van der Waals surface area (Å²) in [5, 5.41) is 0. The molecule has 0 bridgehead atoms. The Balaban J connectivity index is 0.00000379. The van der Waals surface area contributed by atoms with E-state index >= 15 is 0 Å². The number of methoxy groups -OCH3 is 1. The maximum atomic E-state index is 14.0. The number of nitrogens with zero attached hydrogens (tertiary/aromatic N) is 1. The van der Waals surface area contributed by atoms with Crippen molar-refractivity contribution in [1.82, 2.24) is 0 Å². The van der Waals surface area contributed by atoms with E-state index in [0.29, 0.717) is 12.3 Å². The molecule has 1 aromatic rings. The summed E-state index contributed by atoms with van der Waals surface area (Å²) in [6.07, 6.45) is 5.43. The van der Waals surface area contributed by atoms with E-state index in [1.165, 1.54) is 6.07 Å². The molecule has 4 heteroatoms. The monoisotopic (exact) mass is 405 g/mol. The van der Waals surface area contributed by atoms with Gasteiger partial charge in [-0.3, -0.25) is 0 Å². The number of anilines is 1. The predicted octanol–water partition coefficient (Wildman–Crippen LogP) is 7.80. The quantitative estimate of drug-likeness (QED) is 0.368. The second-order valence-corrected chi connectivity index (χ2v) is 6.77. The smallest absolute Gasteiger partial charge is 0.160 e. The molecule has 0 spiro atoms. The zero-order chi connectivity index (χ0) is 22.6. The molecule has 0 saturated carbocycles. The van der Waals surface area contributed by atoms with Gasteiger partial charge in [0.15, 0.2) is 11.6 Å². The summed E-state index contributed by atoms with van der Waals surface area (Å²) >= 11 is 0. The number of rotatable bonds is 10. The van der Waals surface area contributed by atoms with Crippen LogP contribution in [0, 0.1) is 17.6 Å². The van der Waals surface area contributed by atoms with Crippen LogP contribution in [0.25, 0.3) is 0 Å². The molecule has 0 aliphatic heterocycles. The molecule has 2 nitrogen and oxygen atoms in total. The van der Waals surface area contributed by atoms with Crippen molar-refractivity contribution in [3.05, 3.63) is 77.7 Å². The Hall–Kier alpha value is -2.20. The van der Waals surface area contributed by atoms with Crippen molar-refractivity contribution in [1.29, 1.82) is 0 Å². The Morgan fingerprint density at radius 1 is 1.21 bits per heavy atom. The van der Waals surface area contributed by atoms with E-state index in [4.69, 9.17) is 4.74 Å². The molecule has 0 saturated heterocycles. The lowest BCUT2D eigenvalue weighted by Crippen LogP contribution is -2.26. The summed E-state index contributed by atoms with van der Waals surface area (Å²) < 4.78 is 32.6. The molecular formula is C25H37F2NO. The summed E-state index contributed by atoms with van der Waals surface area (Å²) in [7, 11) is 1.66. The summed E-state index contributed by atoms with van der Waals surface area (Å²) in [4.78, 5) is 1.90. The average molecular weight is 406 g/mol. The first-order valence-electron chi connectivity index (χ1n) is 10.2. The van der Waals surface area contributed by atoms with Gasteiger partial charge in [-0.1, -0.05) is 52.5 Å². The maximum absolute atomic E-state index is 14.0. The number of hydrogen-bond donors (Lipinski definition) is 0. The highest BCUT2D eigenvalue weighted by molar-refractivity contribution is 5.62. The van der Waals surface area contributed by atoms with Gasteiger partial charge in [0.1, 0.15) is 0 Å². The first kappa shape index (κ1) is 26.8. The van der Waals surface area contributed by atoms with Crippen LogP contribution in [0.5, 0.6) is 0 Å². The van der Waals surface area contributed by atoms with Gasteiger partial charge in [-0.05, 0) is 56.4 Å². The van der Waals surface area contributed by atoms with Crippen LogP contribution in [0.15, 0.2) is 66.0 Å². The third-order valence-corrected chi connectivity index (χ3v) is 4.52. The molecule has 1 rings (SSSR count). The third-order valence-electron chi connectivity index (χ3n) is 4.52. The molecular weight excluding hydrogens is 368 g/mol. The van der Waals surface area contributed by atoms with Gasteiger partial charge in [-0.2, -0.15) is 0 Å². The first-order chi connectivity index (χ1) is 13.8. The van der Waals surface area contributed by atoms with Crippen molar-refractivity contribution in [2.75, 3.05) is 18.6 Å². The molecule has 162 valence electrons. The van der Waals surface area contributed by atoms with Gasteiger partial charge in [0.25, 0.3) is 0 Å². The zero-order valence-electron chi connectivity index (χ0n) is 19.1. The topological polar surface area (TPSA) is 12.5 Å². The van der Waals surface area contributed by atoms with Crippen LogP contribution in [0.2, 0.25) is 0 Å². The fourth-order valence-corrected chi connectivity index (χ4v) is 2.68. The minimum Gasteiger partial charge on any atom is -0.385 e. The largest absolute Gasteiger partial charge is 0.385 e. The highest BCUT2D eigenvalue weighted by Crippen LogP contribution is 2.32. The lowest BCUT2D eigenvalue weighted by Gasteiger charge is -2.33. The van der Waals surface area contributed by atoms with Gasteiger partial charge < -0.3 is 9.64 Å². The van der Waals surface area contributed by atoms with Crippen molar-refractivity contribution in [3.63, 3.8) is 0 Å². The zero-order valence-corrected chi connectivity index (χ0v) is 19.1. The molecule has 0 N–H and O–H groups in total. The molecule has 0 fully saturated rings. The lowest BCUT2D eigenvalue weighted by molar-refractivity contribution is 0.185. The standard InChI is InChI=1S/C23H31F2NO.C2H6/c1-8-19(9-2)14-23(16(3)4)26(18(6)17(5)12-13-27-7)20-10-11-21(24)22(25)15-20;1-2/h8,10-11,14-15,17H,1,6,9,12-13H2,2-5,7H3;1-2H3/b19-14-;. The van der Waals surface area contributed by atoms with E-state index in [1.807, 2.05) is 51.7 Å². The van der Waals surface area contributed by atoms with Crippen LogP contribution < -0.4 is 4.90 Å². The molecule has 0 aliphatic rings. The molecule has 1 unspecified atom stereocenters. The van der Waals surface area contributed by atoms with Gasteiger partial charge in [-0.25, -0.2) is 8.78 Å². The SMILES string of the molecule is C=C/C(=C/C(=C(C)C)N(C(=C)C(C)CCOC)c1ccc(F)c(F)c1)CC.CC. The molecule has 29 heavy (non-hydrogen) atoms. The Morgan fingerprint density at radius 3 is 2.28 bits per heavy atom. The van der Waals surface area contributed by atoms with E-state index in [-0.39, 0.29) is 5.92 Å². The third kappa shape index (κ3) is 7.98. The van der Waals surface area contributed by atoms with E-state index in [2.05, 4.69) is 20.1 Å². The summed E-state index contributed by atoms with van der Waals surface area (Å²) in [6, 6.07) is 3.92. The fraction of sp³-hybridized carbons (Fsp3) is 0.440. The van der Waals surface area contributed by atoms with Crippen molar-refractivity contribution in [2.24, 2.45) is 5.92 Å². The number of allylic oxidation sites excluding steroid dienone is 5. The molecule has 0 radical (unpaired) electrons. The van der Waals surface area contributed by atoms with E-state index in [0.717, 1.165) is 41.4 Å². The minimum absolute atomic E-state index is 0.0922. The average Bonchev–Trinajstić information content (AvgIpc) is 2.72. The molecule has 1 aromatic carbocycles. The van der Waals surface area contributed by atoms with Gasteiger partial charge in [-0.15, -0.1) is 0 Å². The first-order valence-corrected chi connectivity index (χ1v) is 10.2. The summed E-state index contributed by atoms with van der Waals surface area (Å²) in [5.41, 5.74) is 4.30. The highest BCUT2D eigenvalue weighted by Gasteiger charge is 2.21. The fourth-order valence-electron chi connectivity index (χ4n) is 2.68. The van der Waals surface area contributed by atoms with E-state index in [1.54, 1.807) is 13.2 Å². The van der Waals surface area contributed by atoms with Gasteiger partial charge >= 0.3 is 0 Å². The van der Waals surface area contributed by atoms with Crippen molar-refractivity contribution < 1.29 is 13.5 Å². The van der Waals surface area contributed by atoms with Crippen LogP contribution in [0.4, 0.5) is 14.5 Å². The van der Waals surface area contributed by atoms with E-state index in [9.17, 15) is 8.78 Å². The Morgan fingerprint density at radius 2 is 1.83 bits per heavy atom. The molecule has 0 aromatic heterocycles. The van der Waals surface area contributed by atoms with Crippen LogP contribution in [-0.4, -0.2) is 13.7 Å².